The van der Waals surface area contributed by atoms with E-state index in [4.69, 9.17) is 11.6 Å². The number of rotatable bonds is 5. The van der Waals surface area contributed by atoms with Gasteiger partial charge in [-0.15, -0.1) is 0 Å². The van der Waals surface area contributed by atoms with Crippen molar-refractivity contribution in [1.82, 2.24) is 4.72 Å². The van der Waals surface area contributed by atoms with Crippen LogP contribution in [-0.4, -0.2) is 8.42 Å². The van der Waals surface area contributed by atoms with Crippen LogP contribution in [0.2, 0.25) is 5.02 Å². The first-order chi connectivity index (χ1) is 9.94. The van der Waals surface area contributed by atoms with Gasteiger partial charge in [0.25, 0.3) is 0 Å². The Hall–Kier alpha value is -1.62. The highest BCUT2D eigenvalue weighted by Crippen LogP contribution is 2.12. The Balaban J connectivity index is 2.02. The molecule has 5 heteroatoms. The first kappa shape index (κ1) is 15.8. The van der Waals surface area contributed by atoms with Crippen LogP contribution in [0.15, 0.2) is 53.9 Å². The fourth-order valence-electron chi connectivity index (χ4n) is 1.83. The Morgan fingerprint density at radius 1 is 1.14 bits per heavy atom. The van der Waals surface area contributed by atoms with Crippen LogP contribution in [0.4, 0.5) is 0 Å². The van der Waals surface area contributed by atoms with E-state index in [1.165, 1.54) is 6.08 Å². The topological polar surface area (TPSA) is 46.2 Å². The minimum absolute atomic E-state index is 0.268. The van der Waals surface area contributed by atoms with E-state index in [-0.39, 0.29) is 6.54 Å². The van der Waals surface area contributed by atoms with E-state index in [0.29, 0.717) is 5.02 Å². The third-order valence-corrected chi connectivity index (χ3v) is 4.12. The molecule has 1 N–H and O–H groups in total. The molecule has 0 bridgehead atoms. The maximum absolute atomic E-state index is 11.9. The second-order valence-electron chi connectivity index (χ2n) is 4.71. The standard InChI is InChI=1S/C16H16ClNO2S/c1-13-4-2-6-15(10-13)12-18-21(19,20)9-8-14-5-3-7-16(17)11-14/h2-11,18H,12H2,1H3/b9-8+. The van der Waals surface area contributed by atoms with Crippen molar-refractivity contribution in [1.29, 1.82) is 0 Å². The molecule has 0 atom stereocenters. The Labute approximate surface area is 130 Å². The average Bonchev–Trinajstić information content (AvgIpc) is 2.44. The zero-order valence-electron chi connectivity index (χ0n) is 11.6. The van der Waals surface area contributed by atoms with Crippen molar-refractivity contribution in [3.63, 3.8) is 0 Å². The predicted octanol–water partition coefficient (Wildman–Crippen LogP) is 3.74. The van der Waals surface area contributed by atoms with Crippen molar-refractivity contribution in [2.24, 2.45) is 0 Å². The fourth-order valence-corrected chi connectivity index (χ4v) is 2.83. The molecule has 0 aliphatic rings. The lowest BCUT2D eigenvalue weighted by Crippen LogP contribution is -2.20. The Bertz CT molecular complexity index is 754. The van der Waals surface area contributed by atoms with Crippen LogP contribution in [0.1, 0.15) is 16.7 Å². The Morgan fingerprint density at radius 3 is 2.62 bits per heavy atom. The molecule has 2 aromatic rings. The highest BCUT2D eigenvalue weighted by Gasteiger charge is 2.05. The van der Waals surface area contributed by atoms with Crippen molar-refractivity contribution in [3.8, 4) is 0 Å². The van der Waals surface area contributed by atoms with E-state index in [9.17, 15) is 8.42 Å². The molecule has 0 fully saturated rings. The summed E-state index contributed by atoms with van der Waals surface area (Å²) in [4.78, 5) is 0. The molecule has 3 nitrogen and oxygen atoms in total. The first-order valence-electron chi connectivity index (χ1n) is 6.43. The lowest BCUT2D eigenvalue weighted by Gasteiger charge is -2.04. The van der Waals surface area contributed by atoms with Gasteiger partial charge in [0.1, 0.15) is 0 Å². The third-order valence-electron chi connectivity index (χ3n) is 2.85. The van der Waals surface area contributed by atoms with Crippen molar-refractivity contribution in [3.05, 3.63) is 75.7 Å². The number of hydrogen-bond acceptors (Lipinski definition) is 2. The van der Waals surface area contributed by atoms with Gasteiger partial charge in [0.15, 0.2) is 0 Å². The second-order valence-corrected chi connectivity index (χ2v) is 6.80. The van der Waals surface area contributed by atoms with Crippen LogP contribution in [-0.2, 0) is 16.6 Å². The number of hydrogen-bond donors (Lipinski definition) is 1. The van der Waals surface area contributed by atoms with Gasteiger partial charge < -0.3 is 0 Å². The molecule has 2 rings (SSSR count). The molecule has 110 valence electrons. The van der Waals surface area contributed by atoms with Gasteiger partial charge in [-0.05, 0) is 36.3 Å². The van der Waals surface area contributed by atoms with Gasteiger partial charge >= 0.3 is 0 Å². The van der Waals surface area contributed by atoms with Gasteiger partial charge in [0.2, 0.25) is 10.0 Å². The van der Waals surface area contributed by atoms with E-state index < -0.39 is 10.0 Å². The number of sulfonamides is 1. The summed E-state index contributed by atoms with van der Waals surface area (Å²) in [6.07, 6.45) is 1.52. The smallest absolute Gasteiger partial charge is 0.208 e. The molecule has 0 amide bonds. The Kier molecular flexibility index (Phi) is 5.17. The van der Waals surface area contributed by atoms with E-state index in [1.807, 2.05) is 31.2 Å². The van der Waals surface area contributed by atoms with Crippen LogP contribution in [0.3, 0.4) is 0 Å². The molecule has 2 aromatic carbocycles. The van der Waals surface area contributed by atoms with E-state index >= 15 is 0 Å². The van der Waals surface area contributed by atoms with Gasteiger partial charge in [-0.2, -0.15) is 0 Å². The molecule has 0 heterocycles. The van der Waals surface area contributed by atoms with E-state index in [2.05, 4.69) is 4.72 Å². The molecule has 0 saturated heterocycles. The number of halogens is 1. The molecule has 0 saturated carbocycles. The molecule has 0 radical (unpaired) electrons. The summed E-state index contributed by atoms with van der Waals surface area (Å²) in [7, 11) is -3.48. The summed E-state index contributed by atoms with van der Waals surface area (Å²) in [6, 6.07) is 14.7. The number of benzene rings is 2. The average molecular weight is 322 g/mol. The van der Waals surface area contributed by atoms with Gasteiger partial charge in [-0.25, -0.2) is 13.1 Å². The van der Waals surface area contributed by atoms with Crippen LogP contribution in [0, 0.1) is 6.92 Å². The van der Waals surface area contributed by atoms with E-state index in [1.54, 1.807) is 24.3 Å². The summed E-state index contributed by atoms with van der Waals surface area (Å²) < 4.78 is 26.4. The van der Waals surface area contributed by atoms with Gasteiger partial charge in [0, 0.05) is 17.0 Å². The van der Waals surface area contributed by atoms with Crippen molar-refractivity contribution >= 4 is 27.7 Å². The molecule has 0 aliphatic heterocycles. The van der Waals surface area contributed by atoms with Crippen LogP contribution >= 0.6 is 11.6 Å². The van der Waals surface area contributed by atoms with Crippen molar-refractivity contribution < 1.29 is 8.42 Å². The second kappa shape index (κ2) is 6.89. The molecule has 0 spiro atoms. The minimum atomic E-state index is -3.48. The SMILES string of the molecule is Cc1cccc(CNS(=O)(=O)/C=C/c2cccc(Cl)c2)c1. The zero-order chi connectivity index (χ0) is 15.3. The first-order valence-corrected chi connectivity index (χ1v) is 8.36. The monoisotopic (exact) mass is 321 g/mol. The van der Waals surface area contributed by atoms with E-state index in [0.717, 1.165) is 22.1 Å². The third kappa shape index (κ3) is 5.34. The molecule has 21 heavy (non-hydrogen) atoms. The summed E-state index contributed by atoms with van der Waals surface area (Å²) >= 11 is 5.85. The quantitative estimate of drug-likeness (QED) is 0.912. The largest absolute Gasteiger partial charge is 0.234 e. The van der Waals surface area contributed by atoms with Gasteiger partial charge in [-0.1, -0.05) is 53.6 Å². The van der Waals surface area contributed by atoms with Crippen LogP contribution in [0.5, 0.6) is 0 Å². The summed E-state index contributed by atoms with van der Waals surface area (Å²) in [5.41, 5.74) is 2.76. The highest BCUT2D eigenvalue weighted by atomic mass is 35.5. The molecular weight excluding hydrogens is 306 g/mol. The maximum atomic E-state index is 11.9. The Morgan fingerprint density at radius 2 is 1.90 bits per heavy atom. The fraction of sp³-hybridized carbons (Fsp3) is 0.125. The zero-order valence-corrected chi connectivity index (χ0v) is 13.2. The highest BCUT2D eigenvalue weighted by molar-refractivity contribution is 7.92. The summed E-state index contributed by atoms with van der Waals surface area (Å²) in [5, 5.41) is 1.72. The van der Waals surface area contributed by atoms with Crippen molar-refractivity contribution in [2.45, 2.75) is 13.5 Å². The lowest BCUT2D eigenvalue weighted by molar-refractivity contribution is 0.591. The van der Waals surface area contributed by atoms with Gasteiger partial charge in [-0.3, -0.25) is 0 Å². The van der Waals surface area contributed by atoms with Gasteiger partial charge in [0.05, 0.1) is 0 Å². The summed E-state index contributed by atoms with van der Waals surface area (Å²) in [6.45, 7) is 2.24. The van der Waals surface area contributed by atoms with Crippen LogP contribution in [0.25, 0.3) is 6.08 Å². The number of aryl methyl sites for hydroxylation is 1. The molecule has 0 aliphatic carbocycles. The molecule has 0 aromatic heterocycles. The normalized spacial score (nSPS) is 11.9. The molecule has 0 unspecified atom stereocenters. The molecular formula is C16H16ClNO2S. The van der Waals surface area contributed by atoms with Crippen molar-refractivity contribution in [2.75, 3.05) is 0 Å². The minimum Gasteiger partial charge on any atom is -0.208 e. The number of nitrogens with one attached hydrogen (secondary N) is 1. The lowest BCUT2D eigenvalue weighted by atomic mass is 10.1. The predicted molar refractivity (Wildman–Crippen MR) is 87.4 cm³/mol. The van der Waals surface area contributed by atoms with Crippen LogP contribution < -0.4 is 4.72 Å². The maximum Gasteiger partial charge on any atom is 0.234 e. The summed E-state index contributed by atoms with van der Waals surface area (Å²) in [5.74, 6) is 0.